The summed E-state index contributed by atoms with van der Waals surface area (Å²) in [4.78, 5) is 14.2. The van der Waals surface area contributed by atoms with Crippen LogP contribution < -0.4 is 5.32 Å². The zero-order chi connectivity index (χ0) is 15.4. The quantitative estimate of drug-likeness (QED) is 0.858. The number of ether oxygens (including phenoxy) is 1. The Balaban J connectivity index is 1.57. The second-order valence-electron chi connectivity index (χ2n) is 6.21. The van der Waals surface area contributed by atoms with E-state index in [0.717, 1.165) is 31.5 Å². The molecule has 5 heteroatoms. The molecular formula is C17H24N2O3. The van der Waals surface area contributed by atoms with Crippen LogP contribution in [0.15, 0.2) is 24.3 Å². The third kappa shape index (κ3) is 3.48. The predicted octanol–water partition coefficient (Wildman–Crippen LogP) is 0.659. The number of carbonyl (C=O) groups excluding carboxylic acids is 1. The summed E-state index contributed by atoms with van der Waals surface area (Å²) in [5, 5.41) is 13.8. The lowest BCUT2D eigenvalue weighted by Crippen LogP contribution is -2.47. The Morgan fingerprint density at radius 3 is 2.91 bits per heavy atom. The van der Waals surface area contributed by atoms with E-state index in [0.29, 0.717) is 26.2 Å². The number of fused-ring (bicyclic) bond motifs is 1. The van der Waals surface area contributed by atoms with Gasteiger partial charge < -0.3 is 15.2 Å². The van der Waals surface area contributed by atoms with Crippen LogP contribution in [-0.2, 0) is 21.6 Å². The molecule has 1 aromatic carbocycles. The van der Waals surface area contributed by atoms with Crippen molar-refractivity contribution in [3.05, 3.63) is 35.4 Å². The number of rotatable bonds is 4. The number of carbonyl (C=O) groups is 1. The molecule has 5 nitrogen and oxygen atoms in total. The van der Waals surface area contributed by atoms with Crippen molar-refractivity contribution in [3.8, 4) is 0 Å². The van der Waals surface area contributed by atoms with Crippen molar-refractivity contribution < 1.29 is 14.6 Å². The highest BCUT2D eigenvalue weighted by atomic mass is 16.5. The lowest BCUT2D eigenvalue weighted by molar-refractivity contribution is -0.124. The third-order valence-electron chi connectivity index (χ3n) is 4.60. The molecule has 120 valence electrons. The number of hydrogen-bond donors (Lipinski definition) is 2. The van der Waals surface area contributed by atoms with E-state index >= 15 is 0 Å². The van der Waals surface area contributed by atoms with Crippen LogP contribution in [-0.4, -0.2) is 55.3 Å². The van der Waals surface area contributed by atoms with Gasteiger partial charge in [0.1, 0.15) is 5.60 Å². The Bertz CT molecular complexity index is 528. The van der Waals surface area contributed by atoms with E-state index < -0.39 is 5.60 Å². The monoisotopic (exact) mass is 304 g/mol. The highest BCUT2D eigenvalue weighted by Gasteiger charge is 2.34. The van der Waals surface area contributed by atoms with Crippen LogP contribution in [0.2, 0.25) is 0 Å². The topological polar surface area (TPSA) is 61.8 Å². The van der Waals surface area contributed by atoms with Gasteiger partial charge in [0.2, 0.25) is 5.91 Å². The van der Waals surface area contributed by atoms with Crippen LogP contribution in [0.5, 0.6) is 0 Å². The summed E-state index contributed by atoms with van der Waals surface area (Å²) in [5.74, 6) is -0.0293. The van der Waals surface area contributed by atoms with Gasteiger partial charge in [-0.15, -0.1) is 0 Å². The highest BCUT2D eigenvalue weighted by Crippen LogP contribution is 2.34. The number of hydrogen-bond acceptors (Lipinski definition) is 4. The minimum atomic E-state index is -0.935. The first-order valence-electron chi connectivity index (χ1n) is 8.05. The van der Waals surface area contributed by atoms with Crippen LogP contribution in [0.1, 0.15) is 24.0 Å². The third-order valence-corrected chi connectivity index (χ3v) is 4.60. The summed E-state index contributed by atoms with van der Waals surface area (Å²) < 4.78 is 5.28. The Labute approximate surface area is 131 Å². The second-order valence-corrected chi connectivity index (χ2v) is 6.21. The maximum Gasteiger partial charge on any atom is 0.234 e. The normalized spacial score (nSPS) is 25.5. The number of amides is 1. The van der Waals surface area contributed by atoms with Gasteiger partial charge in [0, 0.05) is 13.1 Å². The first-order valence-corrected chi connectivity index (χ1v) is 8.05. The van der Waals surface area contributed by atoms with Gasteiger partial charge in [-0.2, -0.15) is 0 Å². The number of benzene rings is 1. The molecule has 2 aliphatic rings. The largest absolute Gasteiger partial charge is 0.383 e. The number of nitrogens with one attached hydrogen (secondary N) is 1. The van der Waals surface area contributed by atoms with Gasteiger partial charge in [-0.3, -0.25) is 9.69 Å². The van der Waals surface area contributed by atoms with Crippen molar-refractivity contribution in [1.82, 2.24) is 10.2 Å². The van der Waals surface area contributed by atoms with Crippen molar-refractivity contribution in [2.24, 2.45) is 0 Å². The maximum atomic E-state index is 12.1. The predicted molar refractivity (Wildman–Crippen MR) is 83.5 cm³/mol. The van der Waals surface area contributed by atoms with Gasteiger partial charge in [-0.1, -0.05) is 24.3 Å². The van der Waals surface area contributed by atoms with Gasteiger partial charge in [0.15, 0.2) is 0 Å². The van der Waals surface area contributed by atoms with E-state index in [9.17, 15) is 9.90 Å². The molecule has 22 heavy (non-hydrogen) atoms. The van der Waals surface area contributed by atoms with E-state index in [1.807, 2.05) is 18.2 Å². The molecule has 1 unspecified atom stereocenters. The van der Waals surface area contributed by atoms with Crippen molar-refractivity contribution in [2.75, 3.05) is 39.4 Å². The summed E-state index contributed by atoms with van der Waals surface area (Å²) in [6, 6.07) is 7.99. The average Bonchev–Trinajstić information content (AvgIpc) is 2.55. The lowest BCUT2D eigenvalue weighted by atomic mass is 9.79. The van der Waals surface area contributed by atoms with Crippen LogP contribution in [0.4, 0.5) is 0 Å². The lowest BCUT2D eigenvalue weighted by Gasteiger charge is -2.35. The minimum Gasteiger partial charge on any atom is -0.383 e. The summed E-state index contributed by atoms with van der Waals surface area (Å²) in [7, 11) is 0. The fourth-order valence-corrected chi connectivity index (χ4v) is 3.34. The van der Waals surface area contributed by atoms with Crippen molar-refractivity contribution in [2.45, 2.75) is 24.9 Å². The average molecular weight is 304 g/mol. The van der Waals surface area contributed by atoms with Crippen LogP contribution >= 0.6 is 0 Å². The molecule has 1 aliphatic heterocycles. The maximum absolute atomic E-state index is 12.1. The van der Waals surface area contributed by atoms with Gasteiger partial charge in [0.05, 0.1) is 26.3 Å². The molecule has 0 saturated carbocycles. The van der Waals surface area contributed by atoms with Crippen molar-refractivity contribution >= 4 is 5.91 Å². The zero-order valence-electron chi connectivity index (χ0n) is 12.9. The van der Waals surface area contributed by atoms with Crippen LogP contribution in [0.25, 0.3) is 0 Å². The van der Waals surface area contributed by atoms with Gasteiger partial charge in [-0.25, -0.2) is 0 Å². The highest BCUT2D eigenvalue weighted by molar-refractivity contribution is 5.78. The summed E-state index contributed by atoms with van der Waals surface area (Å²) >= 11 is 0. The summed E-state index contributed by atoms with van der Waals surface area (Å²) in [6.07, 6.45) is 2.65. The molecular weight excluding hydrogens is 280 g/mol. The standard InChI is InChI=1S/C17H24N2O3/c20-16(12-19-8-10-22-11-9-19)18-13-17(21)7-3-5-14-4-1-2-6-15(14)17/h1-2,4,6,21H,3,5,7-13H2,(H,18,20). The molecule has 1 atom stereocenters. The first kappa shape index (κ1) is 15.5. The van der Waals surface area contributed by atoms with E-state index in [1.165, 1.54) is 5.56 Å². The molecule has 0 radical (unpaired) electrons. The van der Waals surface area contributed by atoms with Gasteiger partial charge in [0.25, 0.3) is 0 Å². The first-order chi connectivity index (χ1) is 10.7. The molecule has 1 fully saturated rings. The molecule has 1 aliphatic carbocycles. The molecule has 0 bridgehead atoms. The Morgan fingerprint density at radius 1 is 1.32 bits per heavy atom. The Hall–Kier alpha value is -1.43. The SMILES string of the molecule is O=C(CN1CCOCC1)NCC1(O)CCCc2ccccc21. The fraction of sp³-hybridized carbons (Fsp3) is 0.588. The molecule has 3 rings (SSSR count). The van der Waals surface area contributed by atoms with Crippen molar-refractivity contribution in [1.29, 1.82) is 0 Å². The fourth-order valence-electron chi connectivity index (χ4n) is 3.34. The minimum absolute atomic E-state index is 0.0293. The van der Waals surface area contributed by atoms with Gasteiger partial charge >= 0.3 is 0 Å². The number of aliphatic hydroxyl groups is 1. The number of morpholine rings is 1. The number of nitrogens with zero attached hydrogens (tertiary/aromatic N) is 1. The van der Waals surface area contributed by atoms with Crippen LogP contribution in [0.3, 0.4) is 0 Å². The Morgan fingerprint density at radius 2 is 2.09 bits per heavy atom. The molecule has 1 saturated heterocycles. The van der Waals surface area contributed by atoms with E-state index in [1.54, 1.807) is 0 Å². The second kappa shape index (κ2) is 6.77. The zero-order valence-corrected chi connectivity index (χ0v) is 12.9. The van der Waals surface area contributed by atoms with Crippen molar-refractivity contribution in [3.63, 3.8) is 0 Å². The van der Waals surface area contributed by atoms with E-state index in [2.05, 4.69) is 16.3 Å². The smallest absolute Gasteiger partial charge is 0.234 e. The molecule has 1 heterocycles. The van der Waals surface area contributed by atoms with Gasteiger partial charge in [-0.05, 0) is 30.4 Å². The van der Waals surface area contributed by atoms with E-state index in [4.69, 9.17) is 4.74 Å². The Kier molecular flexibility index (Phi) is 4.76. The summed E-state index contributed by atoms with van der Waals surface area (Å²) in [5.41, 5.74) is 1.22. The molecule has 1 aromatic rings. The summed E-state index contributed by atoms with van der Waals surface area (Å²) in [6.45, 7) is 3.62. The molecule has 0 aromatic heterocycles. The molecule has 1 amide bonds. The number of aryl methyl sites for hydroxylation is 1. The van der Waals surface area contributed by atoms with E-state index in [-0.39, 0.29) is 12.5 Å². The molecule has 0 spiro atoms. The van der Waals surface area contributed by atoms with Crippen LogP contribution in [0, 0.1) is 0 Å². The molecule has 2 N–H and O–H groups in total.